The second-order valence-electron chi connectivity index (χ2n) is 6.58. The summed E-state index contributed by atoms with van der Waals surface area (Å²) in [5, 5.41) is 22.1. The molecule has 1 fully saturated rings. The van der Waals surface area contributed by atoms with E-state index in [9.17, 15) is 9.90 Å². The number of para-hydroxylation sites is 1. The number of hydrogen-bond acceptors (Lipinski definition) is 4. The third-order valence-electron chi connectivity index (χ3n) is 4.99. The van der Waals surface area contributed by atoms with Gasteiger partial charge in [0.2, 0.25) is 5.91 Å². The van der Waals surface area contributed by atoms with E-state index in [2.05, 4.69) is 16.3 Å². The van der Waals surface area contributed by atoms with Crippen LogP contribution in [0.25, 0.3) is 0 Å². The third kappa shape index (κ3) is 3.65. The summed E-state index contributed by atoms with van der Waals surface area (Å²) < 4.78 is 0. The SMILES string of the molecule is CCC(C)(NC(=O)C1CC(CC#N)N(C)C1)c1ccccc1O. The lowest BCUT2D eigenvalue weighted by Gasteiger charge is -2.32. The molecule has 1 saturated heterocycles. The molecule has 3 atom stereocenters. The molecule has 5 heteroatoms. The number of benzene rings is 1. The molecule has 0 bridgehead atoms. The topological polar surface area (TPSA) is 76.4 Å². The Labute approximate surface area is 137 Å². The van der Waals surface area contributed by atoms with Crippen molar-refractivity contribution in [3.63, 3.8) is 0 Å². The second kappa shape index (κ2) is 7.01. The van der Waals surface area contributed by atoms with Crippen LogP contribution in [-0.4, -0.2) is 35.5 Å². The molecule has 0 radical (unpaired) electrons. The average molecular weight is 315 g/mol. The molecule has 23 heavy (non-hydrogen) atoms. The lowest BCUT2D eigenvalue weighted by molar-refractivity contribution is -0.126. The van der Waals surface area contributed by atoms with E-state index in [0.29, 0.717) is 25.8 Å². The molecule has 0 saturated carbocycles. The van der Waals surface area contributed by atoms with Crippen LogP contribution in [0, 0.1) is 17.2 Å². The van der Waals surface area contributed by atoms with Crippen molar-refractivity contribution in [3.8, 4) is 11.8 Å². The molecular formula is C18H25N3O2. The molecule has 2 N–H and O–H groups in total. The second-order valence-corrected chi connectivity index (χ2v) is 6.58. The number of nitrogens with zero attached hydrogens (tertiary/aromatic N) is 2. The maximum Gasteiger partial charge on any atom is 0.225 e. The Hall–Kier alpha value is -2.06. The minimum absolute atomic E-state index is 0.00936. The highest BCUT2D eigenvalue weighted by atomic mass is 16.3. The highest BCUT2D eigenvalue weighted by Gasteiger charge is 2.37. The van der Waals surface area contributed by atoms with Crippen LogP contribution in [0.1, 0.15) is 38.7 Å². The Bertz CT molecular complexity index is 611. The summed E-state index contributed by atoms with van der Waals surface area (Å²) in [4.78, 5) is 14.8. The molecule has 1 aromatic rings. The number of phenols is 1. The van der Waals surface area contributed by atoms with Crippen LogP contribution >= 0.6 is 0 Å². The average Bonchev–Trinajstić information content (AvgIpc) is 2.89. The Morgan fingerprint density at radius 2 is 2.22 bits per heavy atom. The van der Waals surface area contributed by atoms with E-state index in [1.807, 2.05) is 33.0 Å². The predicted octanol–water partition coefficient (Wildman–Crippen LogP) is 2.37. The first-order valence-corrected chi connectivity index (χ1v) is 8.09. The highest BCUT2D eigenvalue weighted by molar-refractivity contribution is 5.80. The van der Waals surface area contributed by atoms with Crippen LogP contribution in [-0.2, 0) is 10.3 Å². The number of carbonyl (C=O) groups is 1. The molecule has 1 aliphatic rings. The monoisotopic (exact) mass is 315 g/mol. The van der Waals surface area contributed by atoms with Crippen molar-refractivity contribution in [1.29, 1.82) is 5.26 Å². The van der Waals surface area contributed by atoms with Gasteiger partial charge < -0.3 is 15.3 Å². The van der Waals surface area contributed by atoms with Gasteiger partial charge in [0.15, 0.2) is 0 Å². The summed E-state index contributed by atoms with van der Waals surface area (Å²) in [5.74, 6) is 0.0722. The van der Waals surface area contributed by atoms with Crippen LogP contribution in [0.4, 0.5) is 0 Å². The number of carbonyl (C=O) groups excluding carboxylic acids is 1. The van der Waals surface area contributed by atoms with Gasteiger partial charge in [-0.3, -0.25) is 4.79 Å². The highest BCUT2D eigenvalue weighted by Crippen LogP contribution is 2.33. The Balaban J connectivity index is 2.12. The molecule has 3 unspecified atom stereocenters. The van der Waals surface area contributed by atoms with Gasteiger partial charge in [0.25, 0.3) is 0 Å². The normalized spacial score (nSPS) is 23.9. The largest absolute Gasteiger partial charge is 0.508 e. The van der Waals surface area contributed by atoms with E-state index in [1.54, 1.807) is 12.1 Å². The molecule has 5 nitrogen and oxygen atoms in total. The Morgan fingerprint density at radius 3 is 2.83 bits per heavy atom. The molecule has 1 heterocycles. The summed E-state index contributed by atoms with van der Waals surface area (Å²) in [6.07, 6.45) is 1.84. The summed E-state index contributed by atoms with van der Waals surface area (Å²) in [6, 6.07) is 9.45. The zero-order valence-corrected chi connectivity index (χ0v) is 14.0. The number of phenolic OH excluding ortho intramolecular Hbond substituents is 1. The van der Waals surface area contributed by atoms with Crippen molar-refractivity contribution in [2.45, 2.75) is 44.7 Å². The molecule has 1 amide bonds. The lowest BCUT2D eigenvalue weighted by atomic mass is 9.87. The fraction of sp³-hybridized carbons (Fsp3) is 0.556. The molecule has 0 aliphatic carbocycles. The van der Waals surface area contributed by atoms with Gasteiger partial charge in [0, 0.05) is 18.2 Å². The van der Waals surface area contributed by atoms with Gasteiger partial charge >= 0.3 is 0 Å². The summed E-state index contributed by atoms with van der Waals surface area (Å²) in [5.41, 5.74) is 0.129. The van der Waals surface area contributed by atoms with Crippen LogP contribution in [0.2, 0.25) is 0 Å². The summed E-state index contributed by atoms with van der Waals surface area (Å²) in [7, 11) is 1.96. The van der Waals surface area contributed by atoms with E-state index in [0.717, 1.165) is 5.56 Å². The summed E-state index contributed by atoms with van der Waals surface area (Å²) >= 11 is 0. The number of nitrogens with one attached hydrogen (secondary N) is 1. The van der Waals surface area contributed by atoms with E-state index in [4.69, 9.17) is 5.26 Å². The van der Waals surface area contributed by atoms with E-state index in [1.165, 1.54) is 0 Å². The number of amides is 1. The zero-order chi connectivity index (χ0) is 17.0. The van der Waals surface area contributed by atoms with Gasteiger partial charge in [-0.1, -0.05) is 25.1 Å². The van der Waals surface area contributed by atoms with Crippen LogP contribution in [0.15, 0.2) is 24.3 Å². The summed E-state index contributed by atoms with van der Waals surface area (Å²) in [6.45, 7) is 4.59. The van der Waals surface area contributed by atoms with Gasteiger partial charge in [-0.05, 0) is 32.9 Å². The first-order valence-electron chi connectivity index (χ1n) is 8.09. The lowest BCUT2D eigenvalue weighted by Crippen LogP contribution is -2.46. The molecular weight excluding hydrogens is 290 g/mol. The minimum Gasteiger partial charge on any atom is -0.508 e. The maximum absolute atomic E-state index is 12.7. The smallest absolute Gasteiger partial charge is 0.225 e. The molecule has 0 aromatic heterocycles. The van der Waals surface area contributed by atoms with Crippen molar-refractivity contribution in [1.82, 2.24) is 10.2 Å². The number of likely N-dealkylation sites (tertiary alicyclic amines) is 1. The Kier molecular flexibility index (Phi) is 5.27. The maximum atomic E-state index is 12.7. The van der Waals surface area contributed by atoms with Crippen LogP contribution in [0.3, 0.4) is 0 Å². The minimum atomic E-state index is -0.603. The zero-order valence-electron chi connectivity index (χ0n) is 14.0. The predicted molar refractivity (Wildman–Crippen MR) is 88.6 cm³/mol. The standard InChI is InChI=1S/C18H25N3O2/c1-4-18(2,15-7-5-6-8-16(15)22)20-17(23)13-11-14(9-10-19)21(3)12-13/h5-8,13-14,22H,4,9,11-12H2,1-3H3,(H,20,23). The fourth-order valence-electron chi connectivity index (χ4n) is 3.27. The number of aromatic hydroxyl groups is 1. The van der Waals surface area contributed by atoms with Gasteiger partial charge in [-0.2, -0.15) is 5.26 Å². The number of nitriles is 1. The first kappa shape index (κ1) is 17.3. The van der Waals surface area contributed by atoms with Gasteiger partial charge in [0.05, 0.1) is 23.9 Å². The van der Waals surface area contributed by atoms with Gasteiger partial charge in [-0.15, -0.1) is 0 Å². The number of hydrogen-bond donors (Lipinski definition) is 2. The van der Waals surface area contributed by atoms with Crippen molar-refractivity contribution >= 4 is 5.91 Å². The van der Waals surface area contributed by atoms with Crippen molar-refractivity contribution in [2.24, 2.45) is 5.92 Å². The van der Waals surface area contributed by atoms with Gasteiger partial charge in [-0.25, -0.2) is 0 Å². The van der Waals surface area contributed by atoms with Crippen LogP contribution < -0.4 is 5.32 Å². The van der Waals surface area contributed by atoms with E-state index in [-0.39, 0.29) is 23.6 Å². The van der Waals surface area contributed by atoms with Gasteiger partial charge in [0.1, 0.15) is 5.75 Å². The van der Waals surface area contributed by atoms with Crippen molar-refractivity contribution < 1.29 is 9.90 Å². The molecule has 1 aromatic carbocycles. The van der Waals surface area contributed by atoms with Crippen LogP contribution in [0.5, 0.6) is 5.75 Å². The van der Waals surface area contributed by atoms with E-state index < -0.39 is 5.54 Å². The number of rotatable bonds is 5. The van der Waals surface area contributed by atoms with E-state index >= 15 is 0 Å². The van der Waals surface area contributed by atoms with Crippen molar-refractivity contribution in [2.75, 3.05) is 13.6 Å². The molecule has 124 valence electrons. The van der Waals surface area contributed by atoms with Crippen molar-refractivity contribution in [3.05, 3.63) is 29.8 Å². The molecule has 0 spiro atoms. The molecule has 2 rings (SSSR count). The molecule has 1 aliphatic heterocycles. The quantitative estimate of drug-likeness (QED) is 0.874. The third-order valence-corrected chi connectivity index (χ3v) is 4.99. The fourth-order valence-corrected chi connectivity index (χ4v) is 3.27. The Morgan fingerprint density at radius 1 is 1.52 bits per heavy atom. The first-order chi connectivity index (χ1) is 10.9.